The van der Waals surface area contributed by atoms with E-state index < -0.39 is 0 Å². The number of benzene rings is 2. The molecule has 0 unspecified atom stereocenters. The van der Waals surface area contributed by atoms with Crippen LogP contribution in [-0.4, -0.2) is 39.2 Å². The second-order valence-corrected chi connectivity index (χ2v) is 7.25. The number of aromatic nitrogens is 5. The lowest BCUT2D eigenvalue weighted by molar-refractivity contribution is 0.393. The standard InChI is InChI=1S/C20H19N5O3S/c1-27-15-7-13(8-16(10-15)28-2)12-29-20-21-14(9-19(26)22-20)11-25-18-6-4-3-5-17(18)23-24-25/h3-10H,11-12H2,1-2H3,(H,21,22,26). The van der Waals surface area contributed by atoms with Crippen LogP contribution in [0.1, 0.15) is 11.3 Å². The van der Waals surface area contributed by atoms with Crippen molar-refractivity contribution < 1.29 is 9.47 Å². The predicted octanol–water partition coefficient (Wildman–Crippen LogP) is 2.87. The van der Waals surface area contributed by atoms with Gasteiger partial charge in [-0.3, -0.25) is 4.79 Å². The van der Waals surface area contributed by atoms with Gasteiger partial charge in [0.15, 0.2) is 5.16 Å². The Labute approximate surface area is 170 Å². The monoisotopic (exact) mass is 409 g/mol. The van der Waals surface area contributed by atoms with Gasteiger partial charge in [-0.15, -0.1) is 5.10 Å². The molecule has 0 spiro atoms. The molecule has 148 valence electrons. The van der Waals surface area contributed by atoms with Crippen molar-refractivity contribution in [1.29, 1.82) is 0 Å². The molecule has 2 aromatic carbocycles. The summed E-state index contributed by atoms with van der Waals surface area (Å²) in [5, 5.41) is 8.84. The van der Waals surface area contributed by atoms with E-state index in [4.69, 9.17) is 9.47 Å². The lowest BCUT2D eigenvalue weighted by Gasteiger charge is -2.08. The topological polar surface area (TPSA) is 94.9 Å². The molecule has 2 aromatic heterocycles. The van der Waals surface area contributed by atoms with Gasteiger partial charge in [0.1, 0.15) is 17.0 Å². The maximum absolute atomic E-state index is 12.1. The highest BCUT2D eigenvalue weighted by atomic mass is 32.2. The quantitative estimate of drug-likeness (QED) is 0.370. The van der Waals surface area contributed by atoms with E-state index in [-0.39, 0.29) is 5.56 Å². The van der Waals surface area contributed by atoms with Crippen LogP contribution >= 0.6 is 11.8 Å². The second kappa shape index (κ2) is 8.36. The summed E-state index contributed by atoms with van der Waals surface area (Å²) in [4.78, 5) is 19.5. The molecule has 4 aromatic rings. The van der Waals surface area contributed by atoms with Crippen LogP contribution in [0.3, 0.4) is 0 Å². The first-order valence-corrected chi connectivity index (χ1v) is 9.86. The molecule has 0 atom stereocenters. The van der Waals surface area contributed by atoms with Gasteiger partial charge in [0.25, 0.3) is 5.56 Å². The van der Waals surface area contributed by atoms with Crippen LogP contribution in [0.2, 0.25) is 0 Å². The fourth-order valence-electron chi connectivity index (χ4n) is 2.92. The number of nitrogens with zero attached hydrogens (tertiary/aromatic N) is 4. The molecular weight excluding hydrogens is 390 g/mol. The van der Waals surface area contributed by atoms with Gasteiger partial charge in [-0.05, 0) is 29.8 Å². The summed E-state index contributed by atoms with van der Waals surface area (Å²) in [6, 6.07) is 14.8. The van der Waals surface area contributed by atoms with Crippen molar-refractivity contribution in [2.24, 2.45) is 0 Å². The Hall–Kier alpha value is -3.33. The third-order valence-corrected chi connectivity index (χ3v) is 5.24. The van der Waals surface area contributed by atoms with Crippen molar-refractivity contribution in [2.75, 3.05) is 14.2 Å². The average Bonchev–Trinajstić information content (AvgIpc) is 3.14. The number of ether oxygens (including phenoxy) is 2. The Morgan fingerprint density at radius 2 is 1.83 bits per heavy atom. The van der Waals surface area contributed by atoms with Crippen molar-refractivity contribution in [2.45, 2.75) is 17.5 Å². The SMILES string of the molecule is COc1cc(CSc2nc(Cn3nnc4ccccc43)cc(=O)[nH]2)cc(OC)c1. The highest BCUT2D eigenvalue weighted by Crippen LogP contribution is 2.27. The Morgan fingerprint density at radius 1 is 1.07 bits per heavy atom. The molecule has 29 heavy (non-hydrogen) atoms. The molecule has 0 radical (unpaired) electrons. The Morgan fingerprint density at radius 3 is 2.59 bits per heavy atom. The summed E-state index contributed by atoms with van der Waals surface area (Å²) < 4.78 is 12.3. The predicted molar refractivity (Wildman–Crippen MR) is 111 cm³/mol. The number of nitrogens with one attached hydrogen (secondary N) is 1. The maximum atomic E-state index is 12.1. The minimum atomic E-state index is -0.204. The molecule has 0 saturated carbocycles. The number of aromatic amines is 1. The molecule has 0 aliphatic heterocycles. The van der Waals surface area contributed by atoms with Crippen molar-refractivity contribution in [3.05, 3.63) is 70.1 Å². The van der Waals surface area contributed by atoms with E-state index in [1.807, 2.05) is 42.5 Å². The Balaban J connectivity index is 1.54. The maximum Gasteiger partial charge on any atom is 0.251 e. The number of H-pyrrole nitrogens is 1. The normalized spacial score (nSPS) is 11.0. The Kier molecular flexibility index (Phi) is 5.48. The first-order valence-electron chi connectivity index (χ1n) is 8.88. The fraction of sp³-hybridized carbons (Fsp3) is 0.200. The van der Waals surface area contributed by atoms with E-state index in [2.05, 4.69) is 20.3 Å². The largest absolute Gasteiger partial charge is 0.497 e. The molecule has 8 nitrogen and oxygen atoms in total. The van der Waals surface area contributed by atoms with E-state index in [9.17, 15) is 4.79 Å². The third-order valence-electron chi connectivity index (χ3n) is 4.29. The number of methoxy groups -OCH3 is 2. The number of thioether (sulfide) groups is 1. The molecule has 0 bridgehead atoms. The second-order valence-electron chi connectivity index (χ2n) is 6.29. The molecule has 2 heterocycles. The van der Waals surface area contributed by atoms with Crippen LogP contribution in [0.5, 0.6) is 11.5 Å². The number of para-hydroxylation sites is 1. The number of fused-ring (bicyclic) bond motifs is 1. The minimum Gasteiger partial charge on any atom is -0.497 e. The van der Waals surface area contributed by atoms with E-state index in [0.717, 1.165) is 16.6 Å². The zero-order valence-electron chi connectivity index (χ0n) is 16.0. The molecular formula is C20H19N5O3S. The number of hydrogen-bond acceptors (Lipinski definition) is 7. The van der Waals surface area contributed by atoms with Gasteiger partial charge < -0.3 is 14.5 Å². The molecule has 1 N–H and O–H groups in total. The zero-order valence-corrected chi connectivity index (χ0v) is 16.8. The highest BCUT2D eigenvalue weighted by molar-refractivity contribution is 7.98. The molecule has 0 fully saturated rings. The summed E-state index contributed by atoms with van der Waals surface area (Å²) in [5.74, 6) is 2.04. The van der Waals surface area contributed by atoms with Gasteiger partial charge in [0.05, 0.1) is 32.0 Å². The molecule has 9 heteroatoms. The van der Waals surface area contributed by atoms with Crippen LogP contribution in [-0.2, 0) is 12.3 Å². The van der Waals surface area contributed by atoms with Crippen LogP contribution in [0.4, 0.5) is 0 Å². The molecule has 0 amide bonds. The van der Waals surface area contributed by atoms with Gasteiger partial charge in [-0.25, -0.2) is 9.67 Å². The molecule has 0 aliphatic carbocycles. The summed E-state index contributed by atoms with van der Waals surface area (Å²) in [5.41, 5.74) is 3.12. The van der Waals surface area contributed by atoms with E-state index in [1.165, 1.54) is 17.8 Å². The highest BCUT2D eigenvalue weighted by Gasteiger charge is 2.09. The van der Waals surface area contributed by atoms with Gasteiger partial charge in [0.2, 0.25) is 0 Å². The van der Waals surface area contributed by atoms with Crippen molar-refractivity contribution in [1.82, 2.24) is 25.0 Å². The lowest BCUT2D eigenvalue weighted by Crippen LogP contribution is -2.13. The summed E-state index contributed by atoms with van der Waals surface area (Å²) in [6.07, 6.45) is 0. The van der Waals surface area contributed by atoms with Gasteiger partial charge in [-0.1, -0.05) is 29.1 Å². The van der Waals surface area contributed by atoms with Crippen LogP contribution in [0, 0.1) is 0 Å². The zero-order chi connectivity index (χ0) is 20.2. The van der Waals surface area contributed by atoms with E-state index >= 15 is 0 Å². The van der Waals surface area contributed by atoms with Crippen molar-refractivity contribution >= 4 is 22.8 Å². The minimum absolute atomic E-state index is 0.204. The smallest absolute Gasteiger partial charge is 0.251 e. The molecule has 0 aliphatic rings. The van der Waals surface area contributed by atoms with Gasteiger partial charge >= 0.3 is 0 Å². The van der Waals surface area contributed by atoms with Crippen LogP contribution in [0.15, 0.2) is 58.5 Å². The van der Waals surface area contributed by atoms with E-state index in [0.29, 0.717) is 34.6 Å². The van der Waals surface area contributed by atoms with Gasteiger partial charge in [-0.2, -0.15) is 0 Å². The fourth-order valence-corrected chi connectivity index (χ4v) is 3.75. The van der Waals surface area contributed by atoms with Crippen molar-refractivity contribution in [3.8, 4) is 11.5 Å². The first-order chi connectivity index (χ1) is 14.1. The van der Waals surface area contributed by atoms with Crippen molar-refractivity contribution in [3.63, 3.8) is 0 Å². The summed E-state index contributed by atoms with van der Waals surface area (Å²) in [7, 11) is 3.23. The van der Waals surface area contributed by atoms with Crippen LogP contribution in [0.25, 0.3) is 11.0 Å². The third kappa shape index (κ3) is 4.40. The summed E-state index contributed by atoms with van der Waals surface area (Å²) >= 11 is 1.43. The van der Waals surface area contributed by atoms with E-state index in [1.54, 1.807) is 18.9 Å². The summed E-state index contributed by atoms with van der Waals surface area (Å²) in [6.45, 7) is 0.366. The van der Waals surface area contributed by atoms with Gasteiger partial charge in [0, 0.05) is 17.9 Å². The Bertz CT molecular complexity index is 1180. The molecule has 4 rings (SSSR count). The average molecular weight is 409 g/mol. The number of rotatable bonds is 7. The lowest BCUT2D eigenvalue weighted by atomic mass is 10.2. The number of hydrogen-bond donors (Lipinski definition) is 1. The van der Waals surface area contributed by atoms with Crippen LogP contribution < -0.4 is 15.0 Å². The molecule has 0 saturated heterocycles. The first kappa shape index (κ1) is 19.0.